The number of anilines is 1. The van der Waals surface area contributed by atoms with Crippen LogP contribution >= 0.6 is 0 Å². The van der Waals surface area contributed by atoms with Crippen molar-refractivity contribution in [3.63, 3.8) is 0 Å². The summed E-state index contributed by atoms with van der Waals surface area (Å²) < 4.78 is 5.69. The maximum absolute atomic E-state index is 12.4. The molecular formula is C19H12N4O4. The van der Waals surface area contributed by atoms with Gasteiger partial charge >= 0.3 is 0 Å². The second kappa shape index (κ2) is 6.68. The fourth-order valence-corrected chi connectivity index (χ4v) is 2.60. The van der Waals surface area contributed by atoms with Gasteiger partial charge in [-0.2, -0.15) is 0 Å². The Morgan fingerprint density at radius 1 is 1.07 bits per heavy atom. The van der Waals surface area contributed by atoms with Crippen molar-refractivity contribution >= 4 is 28.4 Å². The predicted octanol–water partition coefficient (Wildman–Crippen LogP) is 4.05. The molecule has 0 fully saturated rings. The quantitative estimate of drug-likeness (QED) is 0.434. The monoisotopic (exact) mass is 360 g/mol. The molecule has 0 spiro atoms. The Hall–Kier alpha value is -4.07. The highest BCUT2D eigenvalue weighted by atomic mass is 16.6. The minimum absolute atomic E-state index is 0.0815. The number of hydrogen-bond acceptors (Lipinski definition) is 6. The number of carbonyl (C=O) groups is 1. The van der Waals surface area contributed by atoms with Crippen molar-refractivity contribution in [1.82, 2.24) is 9.97 Å². The van der Waals surface area contributed by atoms with Crippen LogP contribution in [-0.2, 0) is 0 Å². The number of para-hydroxylation sites is 1. The lowest BCUT2D eigenvalue weighted by Gasteiger charge is -2.08. The van der Waals surface area contributed by atoms with Gasteiger partial charge in [-0.05, 0) is 30.3 Å². The molecular weight excluding hydrogens is 348 g/mol. The average Bonchev–Trinajstić information content (AvgIpc) is 3.12. The van der Waals surface area contributed by atoms with Crippen LogP contribution in [0.3, 0.4) is 0 Å². The first-order valence-electron chi connectivity index (χ1n) is 7.98. The molecule has 4 aromatic rings. The summed E-state index contributed by atoms with van der Waals surface area (Å²) in [6, 6.07) is 16.3. The van der Waals surface area contributed by atoms with Crippen LogP contribution in [0.25, 0.3) is 22.6 Å². The smallest absolute Gasteiger partial charge is 0.274 e. The minimum atomic E-state index is -0.497. The van der Waals surface area contributed by atoms with Gasteiger partial charge in [0.2, 0.25) is 5.89 Å². The zero-order chi connectivity index (χ0) is 18.8. The summed E-state index contributed by atoms with van der Waals surface area (Å²) in [5, 5.41) is 13.7. The van der Waals surface area contributed by atoms with E-state index in [0.717, 1.165) is 0 Å². The first-order chi connectivity index (χ1) is 13.1. The molecule has 1 N–H and O–H groups in total. The molecule has 1 amide bonds. The van der Waals surface area contributed by atoms with Crippen LogP contribution < -0.4 is 5.32 Å². The van der Waals surface area contributed by atoms with E-state index in [2.05, 4.69) is 15.3 Å². The zero-order valence-electron chi connectivity index (χ0n) is 13.8. The highest BCUT2D eigenvalue weighted by Gasteiger charge is 2.17. The number of pyridine rings is 1. The predicted molar refractivity (Wildman–Crippen MR) is 98.3 cm³/mol. The number of amides is 1. The summed E-state index contributed by atoms with van der Waals surface area (Å²) in [7, 11) is 0. The van der Waals surface area contributed by atoms with E-state index in [0.29, 0.717) is 22.4 Å². The Morgan fingerprint density at radius 2 is 1.89 bits per heavy atom. The topological polar surface area (TPSA) is 111 Å². The Balaban J connectivity index is 1.71. The van der Waals surface area contributed by atoms with Crippen LogP contribution in [-0.4, -0.2) is 20.8 Å². The van der Waals surface area contributed by atoms with E-state index in [9.17, 15) is 14.9 Å². The number of nitrogens with one attached hydrogen (secondary N) is 1. The standard InChI is InChI=1S/C19H12N4O4/c24-18(16-7-3-4-10-20-16)21-14-6-2-1-5-13(14)19-22-15-9-8-12(23(25)26)11-17(15)27-19/h1-11H,(H,21,24). The average molecular weight is 360 g/mol. The lowest BCUT2D eigenvalue weighted by atomic mass is 10.1. The molecule has 2 aromatic heterocycles. The van der Waals surface area contributed by atoms with Crippen LogP contribution in [0.5, 0.6) is 0 Å². The molecule has 8 heteroatoms. The Bertz CT molecular complexity index is 1150. The molecule has 0 aliphatic carbocycles. The highest BCUT2D eigenvalue weighted by molar-refractivity contribution is 6.04. The van der Waals surface area contributed by atoms with E-state index in [-0.39, 0.29) is 23.2 Å². The first-order valence-corrected chi connectivity index (χ1v) is 7.98. The van der Waals surface area contributed by atoms with Gasteiger partial charge in [0.25, 0.3) is 11.6 Å². The number of benzene rings is 2. The summed E-state index contributed by atoms with van der Waals surface area (Å²) in [6.45, 7) is 0. The maximum atomic E-state index is 12.4. The fraction of sp³-hybridized carbons (Fsp3) is 0. The molecule has 0 aliphatic rings. The van der Waals surface area contributed by atoms with Gasteiger partial charge in [0.15, 0.2) is 5.58 Å². The fourth-order valence-electron chi connectivity index (χ4n) is 2.60. The number of carbonyl (C=O) groups excluding carboxylic acids is 1. The van der Waals surface area contributed by atoms with Crippen molar-refractivity contribution < 1.29 is 14.1 Å². The summed E-state index contributed by atoms with van der Waals surface area (Å²) in [4.78, 5) is 31.2. The molecule has 0 atom stereocenters. The van der Waals surface area contributed by atoms with Crippen molar-refractivity contribution in [2.24, 2.45) is 0 Å². The van der Waals surface area contributed by atoms with Crippen molar-refractivity contribution in [2.45, 2.75) is 0 Å². The number of nitrogens with zero attached hydrogens (tertiary/aromatic N) is 3. The number of nitro benzene ring substituents is 1. The third-order valence-electron chi connectivity index (χ3n) is 3.89. The molecule has 0 radical (unpaired) electrons. The van der Waals surface area contributed by atoms with E-state index >= 15 is 0 Å². The number of rotatable bonds is 4. The Labute approximate surface area is 152 Å². The van der Waals surface area contributed by atoms with Crippen LogP contribution in [0.15, 0.2) is 71.3 Å². The van der Waals surface area contributed by atoms with Gasteiger partial charge in [0.05, 0.1) is 22.2 Å². The lowest BCUT2D eigenvalue weighted by Crippen LogP contribution is -2.13. The molecule has 0 saturated heterocycles. The largest absolute Gasteiger partial charge is 0.436 e. The molecule has 0 saturated carbocycles. The summed E-state index contributed by atoms with van der Waals surface area (Å²) >= 11 is 0. The van der Waals surface area contributed by atoms with E-state index in [4.69, 9.17) is 4.42 Å². The number of fused-ring (bicyclic) bond motifs is 1. The van der Waals surface area contributed by atoms with E-state index < -0.39 is 4.92 Å². The highest BCUT2D eigenvalue weighted by Crippen LogP contribution is 2.31. The van der Waals surface area contributed by atoms with Crippen molar-refractivity contribution in [3.8, 4) is 11.5 Å². The lowest BCUT2D eigenvalue weighted by molar-refractivity contribution is -0.384. The number of nitro groups is 1. The van der Waals surface area contributed by atoms with Crippen LogP contribution in [0.4, 0.5) is 11.4 Å². The second-order valence-corrected chi connectivity index (χ2v) is 5.64. The first kappa shape index (κ1) is 16.4. The van der Waals surface area contributed by atoms with Crippen LogP contribution in [0, 0.1) is 10.1 Å². The van der Waals surface area contributed by atoms with Gasteiger partial charge in [0.1, 0.15) is 11.2 Å². The number of non-ortho nitro benzene ring substituents is 1. The molecule has 2 heterocycles. The summed E-state index contributed by atoms with van der Waals surface area (Å²) in [5.74, 6) is -0.114. The van der Waals surface area contributed by atoms with E-state index in [1.165, 1.54) is 24.4 Å². The number of aromatic nitrogens is 2. The summed E-state index contributed by atoms with van der Waals surface area (Å²) in [6.07, 6.45) is 1.54. The van der Waals surface area contributed by atoms with Crippen molar-refractivity contribution in [3.05, 3.63) is 82.7 Å². The van der Waals surface area contributed by atoms with E-state index in [1.807, 2.05) is 0 Å². The molecule has 4 rings (SSSR count). The number of hydrogen-bond donors (Lipinski definition) is 1. The van der Waals surface area contributed by atoms with Crippen LogP contribution in [0.1, 0.15) is 10.5 Å². The molecule has 2 aromatic carbocycles. The van der Waals surface area contributed by atoms with Gasteiger partial charge in [0, 0.05) is 12.3 Å². The molecule has 0 aliphatic heterocycles. The Kier molecular flexibility index (Phi) is 4.06. The van der Waals surface area contributed by atoms with Crippen LogP contribution in [0.2, 0.25) is 0 Å². The normalized spacial score (nSPS) is 10.7. The minimum Gasteiger partial charge on any atom is -0.436 e. The molecule has 132 valence electrons. The van der Waals surface area contributed by atoms with Crippen molar-refractivity contribution in [2.75, 3.05) is 5.32 Å². The second-order valence-electron chi connectivity index (χ2n) is 5.64. The molecule has 8 nitrogen and oxygen atoms in total. The van der Waals surface area contributed by atoms with Gasteiger partial charge in [-0.15, -0.1) is 0 Å². The van der Waals surface area contributed by atoms with Gasteiger partial charge < -0.3 is 9.73 Å². The third-order valence-corrected chi connectivity index (χ3v) is 3.89. The Morgan fingerprint density at radius 3 is 2.67 bits per heavy atom. The molecule has 0 unspecified atom stereocenters. The zero-order valence-corrected chi connectivity index (χ0v) is 13.8. The van der Waals surface area contributed by atoms with Crippen molar-refractivity contribution in [1.29, 1.82) is 0 Å². The number of oxazole rings is 1. The third kappa shape index (κ3) is 3.23. The van der Waals surface area contributed by atoms with Gasteiger partial charge in [-0.1, -0.05) is 18.2 Å². The maximum Gasteiger partial charge on any atom is 0.274 e. The van der Waals surface area contributed by atoms with E-state index in [1.54, 1.807) is 42.5 Å². The summed E-state index contributed by atoms with van der Waals surface area (Å²) in [5.41, 5.74) is 2.03. The molecule has 27 heavy (non-hydrogen) atoms. The SMILES string of the molecule is O=C(Nc1ccccc1-c1nc2ccc([N+](=O)[O-])cc2o1)c1ccccn1. The van der Waals surface area contributed by atoms with Gasteiger partial charge in [-0.3, -0.25) is 19.9 Å². The molecule has 0 bridgehead atoms. The van der Waals surface area contributed by atoms with Gasteiger partial charge in [-0.25, -0.2) is 4.98 Å².